The molecule has 0 saturated carbocycles. The number of hydrogen-bond donors (Lipinski definition) is 1. The number of nitrogens with zero attached hydrogens (tertiary/aromatic N) is 1. The first-order valence-electron chi connectivity index (χ1n) is 6.63. The van der Waals surface area contributed by atoms with Crippen molar-refractivity contribution in [3.05, 3.63) is 34.2 Å². The Hall–Kier alpha value is -1.62. The third-order valence-electron chi connectivity index (χ3n) is 3.70. The maximum Gasteiger partial charge on any atom is 0.251 e. The maximum absolute atomic E-state index is 12.1. The molecule has 2 rings (SSSR count). The lowest BCUT2D eigenvalue weighted by Gasteiger charge is -2.28. The molecular formula is C14H20N2O3. The largest absolute Gasteiger partial charge is 0.381 e. The standard InChI is InChI=1S/C14H20N2O3/c1-10(11-4-7-19-8-5-11)15-14(18)12-3-6-16(2)13(17)9-12/h3,6,9-11H,4-5,7-8H2,1-2H3,(H,15,18). The first kappa shape index (κ1) is 13.8. The topological polar surface area (TPSA) is 60.3 Å². The van der Waals surface area contributed by atoms with Crippen LogP contribution < -0.4 is 10.9 Å². The van der Waals surface area contributed by atoms with Crippen LogP contribution in [0.4, 0.5) is 0 Å². The summed E-state index contributed by atoms with van der Waals surface area (Å²) in [4.78, 5) is 23.6. The fourth-order valence-corrected chi connectivity index (χ4v) is 2.31. The molecule has 1 aliphatic heterocycles. The van der Waals surface area contributed by atoms with Crippen molar-refractivity contribution in [2.45, 2.75) is 25.8 Å². The van der Waals surface area contributed by atoms with Crippen molar-refractivity contribution in [1.82, 2.24) is 9.88 Å². The fraction of sp³-hybridized carbons (Fsp3) is 0.571. The monoisotopic (exact) mass is 264 g/mol. The summed E-state index contributed by atoms with van der Waals surface area (Å²) in [5.41, 5.74) is 0.244. The van der Waals surface area contributed by atoms with Crippen LogP contribution in [0.25, 0.3) is 0 Å². The molecule has 1 unspecified atom stereocenters. The molecule has 5 heteroatoms. The summed E-state index contributed by atoms with van der Waals surface area (Å²) in [7, 11) is 1.66. The third-order valence-corrected chi connectivity index (χ3v) is 3.70. The summed E-state index contributed by atoms with van der Waals surface area (Å²) >= 11 is 0. The van der Waals surface area contributed by atoms with Gasteiger partial charge in [0.1, 0.15) is 0 Å². The van der Waals surface area contributed by atoms with Crippen LogP contribution in [0.2, 0.25) is 0 Å². The van der Waals surface area contributed by atoms with E-state index in [1.165, 1.54) is 10.6 Å². The minimum Gasteiger partial charge on any atom is -0.381 e. The lowest BCUT2D eigenvalue weighted by Crippen LogP contribution is -2.40. The summed E-state index contributed by atoms with van der Waals surface area (Å²) < 4.78 is 6.75. The van der Waals surface area contributed by atoms with Crippen LogP contribution in [0.15, 0.2) is 23.1 Å². The Morgan fingerprint density at radius 3 is 2.79 bits per heavy atom. The lowest BCUT2D eigenvalue weighted by molar-refractivity contribution is 0.0538. The molecule has 1 aromatic rings. The average Bonchev–Trinajstić information content (AvgIpc) is 2.42. The van der Waals surface area contributed by atoms with Gasteiger partial charge in [0.2, 0.25) is 0 Å². The molecule has 0 aliphatic carbocycles. The maximum atomic E-state index is 12.1. The molecular weight excluding hydrogens is 244 g/mol. The highest BCUT2D eigenvalue weighted by Gasteiger charge is 2.22. The minimum absolute atomic E-state index is 0.0976. The molecule has 1 amide bonds. The Morgan fingerprint density at radius 1 is 1.47 bits per heavy atom. The van der Waals surface area contributed by atoms with Gasteiger partial charge in [-0.25, -0.2) is 0 Å². The van der Waals surface area contributed by atoms with Crippen LogP contribution in [0.5, 0.6) is 0 Å². The second-order valence-corrected chi connectivity index (χ2v) is 5.08. The first-order valence-corrected chi connectivity index (χ1v) is 6.63. The van der Waals surface area contributed by atoms with Gasteiger partial charge in [-0.2, -0.15) is 0 Å². The lowest BCUT2D eigenvalue weighted by atomic mass is 9.93. The van der Waals surface area contributed by atoms with Gasteiger partial charge >= 0.3 is 0 Å². The van der Waals surface area contributed by atoms with Crippen LogP contribution in [0.3, 0.4) is 0 Å². The zero-order valence-electron chi connectivity index (χ0n) is 11.4. The number of amides is 1. The van der Waals surface area contributed by atoms with Gasteiger partial charge in [0.05, 0.1) is 0 Å². The van der Waals surface area contributed by atoms with Gasteiger partial charge < -0.3 is 14.6 Å². The molecule has 0 aromatic carbocycles. The van der Waals surface area contributed by atoms with Crippen molar-refractivity contribution in [3.8, 4) is 0 Å². The van der Waals surface area contributed by atoms with Gasteiger partial charge in [0, 0.05) is 44.1 Å². The van der Waals surface area contributed by atoms with E-state index in [9.17, 15) is 9.59 Å². The van der Waals surface area contributed by atoms with E-state index in [4.69, 9.17) is 4.74 Å². The normalized spacial score (nSPS) is 18.0. The molecule has 1 fully saturated rings. The molecule has 19 heavy (non-hydrogen) atoms. The molecule has 1 aliphatic rings. The zero-order chi connectivity index (χ0) is 13.8. The summed E-state index contributed by atoms with van der Waals surface area (Å²) in [5, 5.41) is 2.97. The predicted octanol–water partition coefficient (Wildman–Crippen LogP) is 0.930. The van der Waals surface area contributed by atoms with Crippen LogP contribution in [0, 0.1) is 5.92 Å². The Bertz CT molecular complexity index is 504. The average molecular weight is 264 g/mol. The van der Waals surface area contributed by atoms with E-state index in [2.05, 4.69) is 5.32 Å². The van der Waals surface area contributed by atoms with Gasteiger partial charge in [0.25, 0.3) is 11.5 Å². The van der Waals surface area contributed by atoms with Crippen molar-refractivity contribution in [2.24, 2.45) is 13.0 Å². The molecule has 1 atom stereocenters. The van der Waals surface area contributed by atoms with E-state index in [1.807, 2.05) is 6.92 Å². The molecule has 1 saturated heterocycles. The Balaban J connectivity index is 1.99. The van der Waals surface area contributed by atoms with E-state index >= 15 is 0 Å². The second-order valence-electron chi connectivity index (χ2n) is 5.08. The summed E-state index contributed by atoms with van der Waals surface area (Å²) in [6.07, 6.45) is 3.55. The van der Waals surface area contributed by atoms with Gasteiger partial charge in [-0.3, -0.25) is 9.59 Å². The zero-order valence-corrected chi connectivity index (χ0v) is 11.4. The molecule has 104 valence electrons. The van der Waals surface area contributed by atoms with Crippen molar-refractivity contribution in [2.75, 3.05) is 13.2 Å². The first-order chi connectivity index (χ1) is 9.08. The van der Waals surface area contributed by atoms with E-state index < -0.39 is 0 Å². The van der Waals surface area contributed by atoms with Crippen LogP contribution in [-0.4, -0.2) is 29.7 Å². The van der Waals surface area contributed by atoms with Crippen molar-refractivity contribution in [3.63, 3.8) is 0 Å². The van der Waals surface area contributed by atoms with Gasteiger partial charge in [-0.1, -0.05) is 0 Å². The van der Waals surface area contributed by atoms with Crippen molar-refractivity contribution < 1.29 is 9.53 Å². The van der Waals surface area contributed by atoms with Crippen molar-refractivity contribution >= 4 is 5.91 Å². The highest BCUT2D eigenvalue weighted by Crippen LogP contribution is 2.18. The minimum atomic E-state index is -0.184. The highest BCUT2D eigenvalue weighted by atomic mass is 16.5. The quantitative estimate of drug-likeness (QED) is 0.883. The molecule has 0 spiro atoms. The van der Waals surface area contributed by atoms with Crippen LogP contribution >= 0.6 is 0 Å². The number of pyridine rings is 1. The predicted molar refractivity (Wildman–Crippen MR) is 72.2 cm³/mol. The molecule has 1 aromatic heterocycles. The Kier molecular flexibility index (Phi) is 4.37. The van der Waals surface area contributed by atoms with Gasteiger partial charge in [0.15, 0.2) is 0 Å². The second kappa shape index (κ2) is 6.02. The number of aromatic nitrogens is 1. The molecule has 0 radical (unpaired) electrons. The Labute approximate surface area is 112 Å². The van der Waals surface area contributed by atoms with Gasteiger partial charge in [-0.05, 0) is 31.7 Å². The number of carbonyl (C=O) groups excluding carboxylic acids is 1. The number of hydrogen-bond acceptors (Lipinski definition) is 3. The van der Waals surface area contributed by atoms with E-state index in [0.29, 0.717) is 11.5 Å². The number of rotatable bonds is 3. The van der Waals surface area contributed by atoms with Crippen LogP contribution in [0.1, 0.15) is 30.1 Å². The van der Waals surface area contributed by atoms with E-state index in [0.717, 1.165) is 26.1 Å². The smallest absolute Gasteiger partial charge is 0.251 e. The molecule has 2 heterocycles. The Morgan fingerprint density at radius 2 is 2.16 bits per heavy atom. The van der Waals surface area contributed by atoms with E-state index in [1.54, 1.807) is 19.3 Å². The number of aryl methyl sites for hydroxylation is 1. The van der Waals surface area contributed by atoms with Crippen LogP contribution in [-0.2, 0) is 11.8 Å². The number of carbonyl (C=O) groups is 1. The summed E-state index contributed by atoms with van der Waals surface area (Å²) in [5.74, 6) is 0.265. The SMILES string of the molecule is CC(NC(=O)c1ccn(C)c(=O)c1)C1CCOCC1. The number of nitrogens with one attached hydrogen (secondary N) is 1. The summed E-state index contributed by atoms with van der Waals surface area (Å²) in [6, 6.07) is 3.12. The highest BCUT2D eigenvalue weighted by molar-refractivity contribution is 5.94. The molecule has 1 N–H and O–H groups in total. The molecule has 5 nitrogen and oxygen atoms in total. The summed E-state index contributed by atoms with van der Waals surface area (Å²) in [6.45, 7) is 3.53. The number of ether oxygens (including phenoxy) is 1. The molecule has 0 bridgehead atoms. The van der Waals surface area contributed by atoms with Gasteiger partial charge in [-0.15, -0.1) is 0 Å². The van der Waals surface area contributed by atoms with Crippen molar-refractivity contribution in [1.29, 1.82) is 0 Å². The third kappa shape index (κ3) is 3.44. The fourth-order valence-electron chi connectivity index (χ4n) is 2.31. The van der Waals surface area contributed by atoms with E-state index in [-0.39, 0.29) is 17.5 Å².